The molecular weight excluding hydrogens is 521 g/mol. The predicted octanol–water partition coefficient (Wildman–Crippen LogP) is 11.8. The van der Waals surface area contributed by atoms with Gasteiger partial charge in [0.25, 0.3) is 0 Å². The highest BCUT2D eigenvalue weighted by Gasteiger charge is 2.29. The van der Waals surface area contributed by atoms with Crippen molar-refractivity contribution < 1.29 is 0 Å². The first kappa shape index (κ1) is 24.5. The molecule has 0 saturated carbocycles. The maximum Gasteiger partial charge on any atom is 0.0355 e. The SMILES string of the molecule is c1ccc(-c2c(-c3ccccc3)c(-c3cccs3)c(-c3ccccc3)c(-c3ccccc3)c2-c2cccs2)cc1. The molecule has 0 bridgehead atoms. The summed E-state index contributed by atoms with van der Waals surface area (Å²) in [5, 5.41) is 4.38. The lowest BCUT2D eigenvalue weighted by molar-refractivity contribution is 1.54. The van der Waals surface area contributed by atoms with Crippen LogP contribution in [-0.4, -0.2) is 0 Å². The monoisotopic (exact) mass is 546 g/mol. The van der Waals surface area contributed by atoms with Gasteiger partial charge in [0.2, 0.25) is 0 Å². The average Bonchev–Trinajstić information content (AvgIpc) is 3.77. The van der Waals surface area contributed by atoms with E-state index < -0.39 is 0 Å². The van der Waals surface area contributed by atoms with E-state index in [-0.39, 0.29) is 0 Å². The first-order valence-corrected chi connectivity index (χ1v) is 15.2. The molecule has 0 amide bonds. The highest BCUT2D eigenvalue weighted by atomic mass is 32.1. The minimum Gasteiger partial charge on any atom is -0.144 e. The second-order valence-corrected chi connectivity index (χ2v) is 11.6. The molecule has 0 saturated heterocycles. The molecule has 0 spiro atoms. The maximum atomic E-state index is 2.27. The van der Waals surface area contributed by atoms with Crippen molar-refractivity contribution in [2.24, 2.45) is 0 Å². The first-order chi connectivity index (χ1) is 19.9. The zero-order valence-electron chi connectivity index (χ0n) is 21.8. The van der Waals surface area contributed by atoms with Crippen molar-refractivity contribution in [2.45, 2.75) is 0 Å². The number of hydrogen-bond acceptors (Lipinski definition) is 2. The lowest BCUT2D eigenvalue weighted by Gasteiger charge is -2.27. The fourth-order valence-electron chi connectivity index (χ4n) is 5.66. The van der Waals surface area contributed by atoms with Gasteiger partial charge in [0.1, 0.15) is 0 Å². The molecule has 2 heterocycles. The summed E-state index contributed by atoms with van der Waals surface area (Å²) in [5.74, 6) is 0. The summed E-state index contributed by atoms with van der Waals surface area (Å²) in [6.45, 7) is 0. The summed E-state index contributed by atoms with van der Waals surface area (Å²) in [5.41, 5.74) is 12.5. The van der Waals surface area contributed by atoms with Crippen molar-refractivity contribution >= 4 is 22.7 Å². The van der Waals surface area contributed by atoms with Crippen molar-refractivity contribution in [2.75, 3.05) is 0 Å². The van der Waals surface area contributed by atoms with E-state index in [1.165, 1.54) is 65.4 Å². The quantitative estimate of drug-likeness (QED) is 0.195. The van der Waals surface area contributed by atoms with Crippen molar-refractivity contribution in [3.05, 3.63) is 156 Å². The first-order valence-electron chi connectivity index (χ1n) is 13.4. The van der Waals surface area contributed by atoms with Crippen molar-refractivity contribution in [3.63, 3.8) is 0 Å². The third kappa shape index (κ3) is 4.42. The minimum atomic E-state index is 1.22. The zero-order chi connectivity index (χ0) is 26.7. The Bertz CT molecular complexity index is 1590. The Kier molecular flexibility index (Phi) is 6.71. The summed E-state index contributed by atoms with van der Waals surface area (Å²) in [7, 11) is 0. The van der Waals surface area contributed by atoms with Gasteiger partial charge < -0.3 is 0 Å². The van der Waals surface area contributed by atoms with Crippen molar-refractivity contribution in [1.29, 1.82) is 0 Å². The molecule has 0 aliphatic carbocycles. The van der Waals surface area contributed by atoms with E-state index in [1.54, 1.807) is 0 Å². The van der Waals surface area contributed by atoms with E-state index in [1.807, 2.05) is 22.7 Å². The summed E-state index contributed by atoms with van der Waals surface area (Å²) in [6.07, 6.45) is 0. The molecular formula is C38H26S2. The number of rotatable bonds is 6. The number of hydrogen-bond donors (Lipinski definition) is 0. The van der Waals surface area contributed by atoms with Crippen LogP contribution in [0.1, 0.15) is 0 Å². The Morgan fingerprint density at radius 3 is 0.750 bits per heavy atom. The fraction of sp³-hybridized carbons (Fsp3) is 0. The van der Waals surface area contributed by atoms with Crippen LogP contribution >= 0.6 is 22.7 Å². The molecule has 5 aromatic carbocycles. The molecule has 0 nitrogen and oxygen atoms in total. The molecule has 40 heavy (non-hydrogen) atoms. The van der Waals surface area contributed by atoms with Gasteiger partial charge >= 0.3 is 0 Å². The summed E-state index contributed by atoms with van der Waals surface area (Å²) in [6, 6.07) is 52.6. The Hall–Kier alpha value is -4.50. The fourth-order valence-corrected chi connectivity index (χ4v) is 7.22. The van der Waals surface area contributed by atoms with Gasteiger partial charge in [-0.2, -0.15) is 0 Å². The smallest absolute Gasteiger partial charge is 0.0355 e. The van der Waals surface area contributed by atoms with Crippen LogP contribution in [0.25, 0.3) is 65.4 Å². The lowest BCUT2D eigenvalue weighted by Crippen LogP contribution is -2.00. The zero-order valence-corrected chi connectivity index (χ0v) is 23.5. The van der Waals surface area contributed by atoms with Gasteiger partial charge in [-0.1, -0.05) is 133 Å². The highest BCUT2D eigenvalue weighted by Crippen LogP contribution is 2.56. The normalized spacial score (nSPS) is 11.0. The van der Waals surface area contributed by atoms with Gasteiger partial charge in [-0.15, -0.1) is 22.7 Å². The molecule has 7 aromatic rings. The molecule has 2 heteroatoms. The third-order valence-electron chi connectivity index (χ3n) is 7.29. The van der Waals surface area contributed by atoms with Crippen LogP contribution in [0, 0.1) is 0 Å². The molecule has 190 valence electrons. The number of thiophene rings is 2. The summed E-state index contributed by atoms with van der Waals surface area (Å²) < 4.78 is 0. The lowest BCUT2D eigenvalue weighted by atomic mass is 9.76. The van der Waals surface area contributed by atoms with E-state index in [0.29, 0.717) is 0 Å². The second kappa shape index (κ2) is 10.9. The van der Waals surface area contributed by atoms with Crippen LogP contribution in [0.15, 0.2) is 156 Å². The van der Waals surface area contributed by atoms with Gasteiger partial charge in [0.15, 0.2) is 0 Å². The van der Waals surface area contributed by atoms with Crippen LogP contribution in [0.3, 0.4) is 0 Å². The van der Waals surface area contributed by atoms with E-state index in [9.17, 15) is 0 Å². The highest BCUT2D eigenvalue weighted by molar-refractivity contribution is 7.14. The van der Waals surface area contributed by atoms with Gasteiger partial charge in [-0.05, 0) is 67.4 Å². The van der Waals surface area contributed by atoms with E-state index >= 15 is 0 Å². The predicted molar refractivity (Wildman–Crippen MR) is 175 cm³/mol. The minimum absolute atomic E-state index is 1.22. The van der Waals surface area contributed by atoms with E-state index in [2.05, 4.69) is 156 Å². The second-order valence-electron chi connectivity index (χ2n) is 9.67. The average molecular weight is 547 g/mol. The van der Waals surface area contributed by atoms with Crippen LogP contribution in [0.5, 0.6) is 0 Å². The molecule has 0 unspecified atom stereocenters. The van der Waals surface area contributed by atoms with Crippen LogP contribution in [-0.2, 0) is 0 Å². The molecule has 0 N–H and O–H groups in total. The molecule has 0 aliphatic heterocycles. The van der Waals surface area contributed by atoms with Crippen LogP contribution in [0.2, 0.25) is 0 Å². The topological polar surface area (TPSA) is 0 Å². The molecule has 0 aliphatic rings. The summed E-state index contributed by atoms with van der Waals surface area (Å²) >= 11 is 3.61. The van der Waals surface area contributed by atoms with Gasteiger partial charge in [-0.3, -0.25) is 0 Å². The van der Waals surface area contributed by atoms with Crippen molar-refractivity contribution in [1.82, 2.24) is 0 Å². The Morgan fingerprint density at radius 1 is 0.250 bits per heavy atom. The van der Waals surface area contributed by atoms with Crippen molar-refractivity contribution in [3.8, 4) is 65.4 Å². The Labute approximate surface area is 243 Å². The van der Waals surface area contributed by atoms with E-state index in [0.717, 1.165) is 0 Å². The van der Waals surface area contributed by atoms with Gasteiger partial charge in [0.05, 0.1) is 0 Å². The van der Waals surface area contributed by atoms with Gasteiger partial charge in [-0.25, -0.2) is 0 Å². The third-order valence-corrected chi connectivity index (χ3v) is 9.06. The molecule has 0 atom stereocenters. The largest absolute Gasteiger partial charge is 0.144 e. The molecule has 0 radical (unpaired) electrons. The van der Waals surface area contributed by atoms with Gasteiger partial charge in [0, 0.05) is 20.9 Å². The Morgan fingerprint density at radius 2 is 0.525 bits per heavy atom. The standard InChI is InChI=1S/C38H26S2/c1-5-15-27(16-6-1)33-34(28-17-7-2-8-18-28)38(32-24-14-26-40-32)36(30-21-11-4-12-22-30)35(29-19-9-3-10-20-29)37(33)31-23-13-25-39-31/h1-26H. The number of benzene rings is 5. The maximum absolute atomic E-state index is 2.27. The molecule has 0 fully saturated rings. The summed E-state index contributed by atoms with van der Waals surface area (Å²) in [4.78, 5) is 2.54. The van der Waals surface area contributed by atoms with Crippen LogP contribution in [0.4, 0.5) is 0 Å². The molecule has 7 rings (SSSR count). The van der Waals surface area contributed by atoms with E-state index in [4.69, 9.17) is 0 Å². The van der Waals surface area contributed by atoms with Crippen LogP contribution < -0.4 is 0 Å². The Balaban J connectivity index is 1.80. The molecule has 2 aromatic heterocycles.